The SMILES string of the molecule is COC1CCN(C(=O)N[C@@H](CC(N)=O)C(=O)O)C1. The molecule has 0 aromatic carbocycles. The van der Waals surface area contributed by atoms with Crippen LogP contribution in [0.5, 0.6) is 0 Å². The Morgan fingerprint density at radius 1 is 1.56 bits per heavy atom. The van der Waals surface area contributed by atoms with Gasteiger partial charge in [0.05, 0.1) is 12.5 Å². The number of rotatable bonds is 5. The fraction of sp³-hybridized carbons (Fsp3) is 0.700. The number of urea groups is 1. The highest BCUT2D eigenvalue weighted by atomic mass is 16.5. The van der Waals surface area contributed by atoms with Crippen molar-refractivity contribution in [2.24, 2.45) is 5.73 Å². The first kappa shape index (κ1) is 14.2. The third-order valence-corrected chi connectivity index (χ3v) is 2.77. The van der Waals surface area contributed by atoms with Crippen molar-refractivity contribution in [3.8, 4) is 0 Å². The number of likely N-dealkylation sites (tertiary alicyclic amines) is 1. The fourth-order valence-corrected chi connectivity index (χ4v) is 1.75. The minimum absolute atomic E-state index is 0.0323. The van der Waals surface area contributed by atoms with E-state index < -0.39 is 30.4 Å². The van der Waals surface area contributed by atoms with E-state index in [2.05, 4.69) is 5.32 Å². The number of nitrogens with two attached hydrogens (primary N) is 1. The normalized spacial score (nSPS) is 20.5. The number of aliphatic carboxylic acids is 1. The van der Waals surface area contributed by atoms with Crippen molar-refractivity contribution in [2.75, 3.05) is 20.2 Å². The number of carboxylic acid groups (broad SMARTS) is 1. The minimum atomic E-state index is -1.29. The Bertz CT molecular complexity index is 346. The van der Waals surface area contributed by atoms with Crippen molar-refractivity contribution in [1.82, 2.24) is 10.2 Å². The van der Waals surface area contributed by atoms with Gasteiger partial charge in [0.1, 0.15) is 6.04 Å². The molecule has 1 aliphatic heterocycles. The zero-order valence-electron chi connectivity index (χ0n) is 10.1. The number of hydrogen-bond donors (Lipinski definition) is 3. The minimum Gasteiger partial charge on any atom is -0.480 e. The van der Waals surface area contributed by atoms with Crippen LogP contribution in [0.1, 0.15) is 12.8 Å². The third kappa shape index (κ3) is 3.88. The second kappa shape index (κ2) is 6.20. The smallest absolute Gasteiger partial charge is 0.326 e. The lowest BCUT2D eigenvalue weighted by atomic mass is 10.2. The molecule has 0 spiro atoms. The molecule has 4 N–H and O–H groups in total. The molecular weight excluding hydrogens is 242 g/mol. The summed E-state index contributed by atoms with van der Waals surface area (Å²) in [6.45, 7) is 0.901. The Hall–Kier alpha value is -1.83. The van der Waals surface area contributed by atoms with E-state index in [-0.39, 0.29) is 6.10 Å². The lowest BCUT2D eigenvalue weighted by Crippen LogP contribution is -2.48. The number of hydrogen-bond acceptors (Lipinski definition) is 4. The number of carbonyl (C=O) groups excluding carboxylic acids is 2. The summed E-state index contributed by atoms with van der Waals surface area (Å²) in [5, 5.41) is 11.1. The number of nitrogens with zero attached hydrogens (tertiary/aromatic N) is 1. The third-order valence-electron chi connectivity index (χ3n) is 2.77. The molecule has 8 nitrogen and oxygen atoms in total. The summed E-state index contributed by atoms with van der Waals surface area (Å²) in [5.41, 5.74) is 4.92. The Kier molecular flexibility index (Phi) is 4.90. The molecule has 18 heavy (non-hydrogen) atoms. The van der Waals surface area contributed by atoms with E-state index in [0.29, 0.717) is 19.5 Å². The molecule has 8 heteroatoms. The second-order valence-electron chi connectivity index (χ2n) is 4.10. The van der Waals surface area contributed by atoms with Crippen molar-refractivity contribution < 1.29 is 24.2 Å². The number of amides is 3. The van der Waals surface area contributed by atoms with Crippen LogP contribution in [-0.2, 0) is 14.3 Å². The molecular formula is C10H17N3O5. The maximum Gasteiger partial charge on any atom is 0.326 e. The maximum absolute atomic E-state index is 11.7. The topological polar surface area (TPSA) is 122 Å². The van der Waals surface area contributed by atoms with Gasteiger partial charge < -0.3 is 25.8 Å². The van der Waals surface area contributed by atoms with Crippen molar-refractivity contribution in [1.29, 1.82) is 0 Å². The van der Waals surface area contributed by atoms with Gasteiger partial charge >= 0.3 is 12.0 Å². The Labute approximate surface area is 104 Å². The number of nitrogens with one attached hydrogen (secondary N) is 1. The van der Waals surface area contributed by atoms with Crippen LogP contribution in [0, 0.1) is 0 Å². The summed E-state index contributed by atoms with van der Waals surface area (Å²) in [6.07, 6.45) is 0.246. The lowest BCUT2D eigenvalue weighted by molar-refractivity contribution is -0.140. The van der Waals surface area contributed by atoms with Gasteiger partial charge in [0, 0.05) is 20.2 Å². The van der Waals surface area contributed by atoms with E-state index in [1.54, 1.807) is 7.11 Å². The Morgan fingerprint density at radius 3 is 2.67 bits per heavy atom. The van der Waals surface area contributed by atoms with Crippen LogP contribution in [0.25, 0.3) is 0 Å². The van der Waals surface area contributed by atoms with Gasteiger partial charge in [-0.05, 0) is 6.42 Å². The predicted molar refractivity (Wildman–Crippen MR) is 60.8 cm³/mol. The van der Waals surface area contributed by atoms with E-state index in [1.165, 1.54) is 4.90 Å². The van der Waals surface area contributed by atoms with Crippen molar-refractivity contribution >= 4 is 17.9 Å². The van der Waals surface area contributed by atoms with Gasteiger partial charge in [-0.1, -0.05) is 0 Å². The highest BCUT2D eigenvalue weighted by Crippen LogP contribution is 2.11. The molecule has 1 aliphatic rings. The number of ether oxygens (including phenoxy) is 1. The van der Waals surface area contributed by atoms with Crippen LogP contribution in [0.4, 0.5) is 4.79 Å². The van der Waals surface area contributed by atoms with E-state index >= 15 is 0 Å². The largest absolute Gasteiger partial charge is 0.480 e. The standard InChI is InChI=1S/C10H17N3O5/c1-18-6-2-3-13(5-6)10(17)12-7(9(15)16)4-8(11)14/h6-7H,2-5H2,1H3,(H2,11,14)(H,12,17)(H,15,16)/t6?,7-/m0/s1. The average molecular weight is 259 g/mol. The zero-order valence-corrected chi connectivity index (χ0v) is 10.1. The molecule has 0 radical (unpaired) electrons. The molecule has 1 rings (SSSR count). The summed E-state index contributed by atoms with van der Waals surface area (Å²) in [5.74, 6) is -2.07. The molecule has 3 amide bonds. The summed E-state index contributed by atoms with van der Waals surface area (Å²) in [7, 11) is 1.55. The quantitative estimate of drug-likeness (QED) is 0.569. The molecule has 0 bridgehead atoms. The monoisotopic (exact) mass is 259 g/mol. The Morgan fingerprint density at radius 2 is 2.22 bits per heavy atom. The van der Waals surface area contributed by atoms with Gasteiger partial charge in [-0.15, -0.1) is 0 Å². The van der Waals surface area contributed by atoms with E-state index in [4.69, 9.17) is 15.6 Å². The molecule has 2 atom stereocenters. The van der Waals surface area contributed by atoms with Crippen molar-refractivity contribution in [2.45, 2.75) is 25.0 Å². The number of primary amides is 1. The van der Waals surface area contributed by atoms with E-state index in [0.717, 1.165) is 0 Å². The highest BCUT2D eigenvalue weighted by molar-refractivity contribution is 5.87. The molecule has 1 fully saturated rings. The molecule has 0 aromatic heterocycles. The summed E-state index contributed by atoms with van der Waals surface area (Å²) in [6, 6.07) is -1.82. The van der Waals surface area contributed by atoms with E-state index in [9.17, 15) is 14.4 Å². The van der Waals surface area contributed by atoms with Gasteiger partial charge in [0.2, 0.25) is 5.91 Å². The highest BCUT2D eigenvalue weighted by Gasteiger charge is 2.29. The Balaban J connectivity index is 2.51. The molecule has 0 aliphatic carbocycles. The molecule has 0 saturated carbocycles. The zero-order chi connectivity index (χ0) is 13.7. The second-order valence-corrected chi connectivity index (χ2v) is 4.10. The molecule has 0 aromatic rings. The lowest BCUT2D eigenvalue weighted by Gasteiger charge is -2.20. The van der Waals surface area contributed by atoms with Crippen molar-refractivity contribution in [3.63, 3.8) is 0 Å². The van der Waals surface area contributed by atoms with E-state index in [1.807, 2.05) is 0 Å². The first-order valence-corrected chi connectivity index (χ1v) is 5.53. The number of methoxy groups -OCH3 is 1. The van der Waals surface area contributed by atoms with Crippen LogP contribution >= 0.6 is 0 Å². The summed E-state index contributed by atoms with van der Waals surface area (Å²) in [4.78, 5) is 34.7. The average Bonchev–Trinajstić information content (AvgIpc) is 2.75. The summed E-state index contributed by atoms with van der Waals surface area (Å²) < 4.78 is 5.10. The summed E-state index contributed by atoms with van der Waals surface area (Å²) >= 11 is 0. The fourth-order valence-electron chi connectivity index (χ4n) is 1.75. The van der Waals surface area contributed by atoms with Crippen molar-refractivity contribution in [3.05, 3.63) is 0 Å². The van der Waals surface area contributed by atoms with Crippen LogP contribution in [-0.4, -0.2) is 60.3 Å². The molecule has 1 saturated heterocycles. The predicted octanol–water partition coefficient (Wildman–Crippen LogP) is -1.25. The van der Waals surface area contributed by atoms with Gasteiger partial charge in [-0.2, -0.15) is 0 Å². The number of carbonyl (C=O) groups is 3. The molecule has 102 valence electrons. The maximum atomic E-state index is 11.7. The molecule has 1 heterocycles. The van der Waals surface area contributed by atoms with Gasteiger partial charge in [-0.25, -0.2) is 9.59 Å². The first-order valence-electron chi connectivity index (χ1n) is 5.53. The van der Waals surface area contributed by atoms with Crippen LogP contribution in [0.3, 0.4) is 0 Å². The molecule has 1 unspecified atom stereocenters. The van der Waals surface area contributed by atoms with Crippen LogP contribution in [0.15, 0.2) is 0 Å². The van der Waals surface area contributed by atoms with Crippen LogP contribution in [0.2, 0.25) is 0 Å². The van der Waals surface area contributed by atoms with Crippen LogP contribution < -0.4 is 11.1 Å². The first-order chi connectivity index (χ1) is 8.43. The van der Waals surface area contributed by atoms with Gasteiger partial charge in [0.15, 0.2) is 0 Å². The van der Waals surface area contributed by atoms with Gasteiger partial charge in [-0.3, -0.25) is 4.79 Å². The van der Waals surface area contributed by atoms with Gasteiger partial charge in [0.25, 0.3) is 0 Å². The number of carboxylic acids is 1.